The van der Waals surface area contributed by atoms with Gasteiger partial charge in [-0.2, -0.15) is 0 Å². The average Bonchev–Trinajstić information content (AvgIpc) is 2.35. The van der Waals surface area contributed by atoms with Crippen LogP contribution in [0.5, 0.6) is 0 Å². The topological polar surface area (TPSA) is 57.6 Å². The summed E-state index contributed by atoms with van der Waals surface area (Å²) in [4.78, 5) is 24.4. The number of rotatable bonds is 4. The number of amides is 1. The van der Waals surface area contributed by atoms with Gasteiger partial charge in [-0.25, -0.2) is 0 Å². The Morgan fingerprint density at radius 1 is 1.40 bits per heavy atom. The number of likely N-dealkylation sites (tertiary alicyclic amines) is 1. The fourth-order valence-corrected chi connectivity index (χ4v) is 2.50. The van der Waals surface area contributed by atoms with Gasteiger partial charge in [-0.05, 0) is 17.7 Å². The highest BCUT2D eigenvalue weighted by Crippen LogP contribution is 2.24. The van der Waals surface area contributed by atoms with E-state index in [4.69, 9.17) is 5.11 Å². The number of hydrogen-bond acceptors (Lipinski definition) is 2. The Labute approximate surface area is 126 Å². The van der Waals surface area contributed by atoms with Crippen molar-refractivity contribution in [2.75, 3.05) is 13.1 Å². The Kier molecular flexibility index (Phi) is 4.60. The molecular weight excluding hydrogens is 322 g/mol. The lowest BCUT2D eigenvalue weighted by atomic mass is 9.87. The van der Waals surface area contributed by atoms with E-state index in [2.05, 4.69) is 15.9 Å². The zero-order chi connectivity index (χ0) is 14.7. The van der Waals surface area contributed by atoms with Crippen molar-refractivity contribution < 1.29 is 14.7 Å². The second-order valence-corrected chi connectivity index (χ2v) is 5.84. The summed E-state index contributed by atoms with van der Waals surface area (Å²) in [5.74, 6) is -1.21. The van der Waals surface area contributed by atoms with Crippen LogP contribution in [-0.2, 0) is 9.59 Å². The second kappa shape index (κ2) is 6.22. The molecule has 4 nitrogen and oxygen atoms in total. The van der Waals surface area contributed by atoms with Gasteiger partial charge < -0.3 is 10.0 Å². The Morgan fingerprint density at radius 3 is 2.65 bits per heavy atom. The summed E-state index contributed by atoms with van der Waals surface area (Å²) in [6.45, 7) is 2.73. The molecule has 1 fully saturated rings. The first kappa shape index (κ1) is 14.8. The van der Waals surface area contributed by atoms with Crippen molar-refractivity contribution in [2.45, 2.75) is 6.92 Å². The summed E-state index contributed by atoms with van der Waals surface area (Å²) < 4.78 is 0.935. The third-order valence-corrected chi connectivity index (χ3v) is 4.35. The van der Waals surface area contributed by atoms with Gasteiger partial charge in [0.15, 0.2) is 0 Å². The minimum absolute atomic E-state index is 0.0633. The molecule has 1 N–H and O–H groups in total. The van der Waals surface area contributed by atoms with E-state index in [0.29, 0.717) is 13.1 Å². The molecule has 1 aliphatic heterocycles. The molecule has 1 heterocycles. The molecule has 0 aromatic heterocycles. The third kappa shape index (κ3) is 3.28. The molecule has 2 rings (SSSR count). The summed E-state index contributed by atoms with van der Waals surface area (Å²) in [6.07, 6.45) is 3.29. The average molecular weight is 338 g/mol. The van der Waals surface area contributed by atoms with Crippen molar-refractivity contribution >= 4 is 33.9 Å². The number of carbonyl (C=O) groups is 2. The van der Waals surface area contributed by atoms with Gasteiger partial charge in [-0.1, -0.05) is 41.1 Å². The maximum Gasteiger partial charge on any atom is 0.306 e. The lowest BCUT2D eigenvalue weighted by molar-refractivity contribution is -0.148. The van der Waals surface area contributed by atoms with Gasteiger partial charge in [0.05, 0.1) is 5.92 Å². The van der Waals surface area contributed by atoms with Gasteiger partial charge in [0.2, 0.25) is 5.91 Å². The SMILES string of the molecule is CC(C(=O)O)C1CN(C(=O)/C=C/c2ccccc2Br)C1. The van der Waals surface area contributed by atoms with Gasteiger partial charge >= 0.3 is 5.97 Å². The van der Waals surface area contributed by atoms with Crippen molar-refractivity contribution in [3.63, 3.8) is 0 Å². The Hall–Kier alpha value is -1.62. The Balaban J connectivity index is 1.89. The molecule has 1 aromatic carbocycles. The number of halogens is 1. The highest BCUT2D eigenvalue weighted by molar-refractivity contribution is 9.10. The fourth-order valence-electron chi connectivity index (χ4n) is 2.09. The van der Waals surface area contributed by atoms with E-state index in [1.165, 1.54) is 6.08 Å². The zero-order valence-corrected chi connectivity index (χ0v) is 12.7. The summed E-state index contributed by atoms with van der Waals surface area (Å²) in [6, 6.07) is 7.65. The summed E-state index contributed by atoms with van der Waals surface area (Å²) in [7, 11) is 0. The van der Waals surface area contributed by atoms with Crippen LogP contribution >= 0.6 is 15.9 Å². The van der Waals surface area contributed by atoms with Crippen LogP contribution in [0.25, 0.3) is 6.08 Å². The summed E-state index contributed by atoms with van der Waals surface area (Å²) >= 11 is 3.42. The van der Waals surface area contributed by atoms with E-state index >= 15 is 0 Å². The maximum atomic E-state index is 11.9. The van der Waals surface area contributed by atoms with Gasteiger partial charge in [0, 0.05) is 29.6 Å². The number of carboxylic acids is 1. The smallest absolute Gasteiger partial charge is 0.306 e. The number of nitrogens with zero attached hydrogens (tertiary/aromatic N) is 1. The minimum atomic E-state index is -0.800. The van der Waals surface area contributed by atoms with E-state index in [0.717, 1.165) is 10.0 Å². The van der Waals surface area contributed by atoms with Crippen LogP contribution in [0, 0.1) is 11.8 Å². The van der Waals surface area contributed by atoms with Gasteiger partial charge in [0.25, 0.3) is 0 Å². The van der Waals surface area contributed by atoms with Gasteiger partial charge in [0.1, 0.15) is 0 Å². The fraction of sp³-hybridized carbons (Fsp3) is 0.333. The monoisotopic (exact) mass is 337 g/mol. The standard InChI is InChI=1S/C15H16BrNO3/c1-10(15(19)20)12-8-17(9-12)14(18)7-6-11-4-2-3-5-13(11)16/h2-7,10,12H,8-9H2,1H3,(H,19,20)/b7-6+. The van der Waals surface area contributed by atoms with Crippen LogP contribution in [-0.4, -0.2) is 35.0 Å². The van der Waals surface area contributed by atoms with Crippen LogP contribution in [0.2, 0.25) is 0 Å². The van der Waals surface area contributed by atoms with Crippen LogP contribution < -0.4 is 0 Å². The first-order chi connectivity index (χ1) is 9.49. The van der Waals surface area contributed by atoms with E-state index in [1.54, 1.807) is 17.9 Å². The molecule has 1 atom stereocenters. The first-order valence-corrected chi connectivity index (χ1v) is 7.22. The lowest BCUT2D eigenvalue weighted by Crippen LogP contribution is -2.53. The molecule has 0 radical (unpaired) electrons. The zero-order valence-electron chi connectivity index (χ0n) is 11.1. The van der Waals surface area contributed by atoms with Crippen molar-refractivity contribution in [3.8, 4) is 0 Å². The Morgan fingerprint density at radius 2 is 2.05 bits per heavy atom. The van der Waals surface area contributed by atoms with Crippen LogP contribution in [0.15, 0.2) is 34.8 Å². The van der Waals surface area contributed by atoms with E-state index in [1.807, 2.05) is 24.3 Å². The molecule has 0 aliphatic carbocycles. The third-order valence-electron chi connectivity index (χ3n) is 3.63. The van der Waals surface area contributed by atoms with E-state index in [-0.39, 0.29) is 11.8 Å². The van der Waals surface area contributed by atoms with E-state index < -0.39 is 11.9 Å². The number of carbonyl (C=O) groups excluding carboxylic acids is 1. The van der Waals surface area contributed by atoms with Crippen molar-refractivity contribution in [1.82, 2.24) is 4.90 Å². The molecule has 20 heavy (non-hydrogen) atoms. The molecule has 1 saturated heterocycles. The number of hydrogen-bond donors (Lipinski definition) is 1. The molecule has 0 spiro atoms. The van der Waals surface area contributed by atoms with E-state index in [9.17, 15) is 9.59 Å². The molecule has 0 saturated carbocycles. The summed E-state index contributed by atoms with van der Waals surface area (Å²) in [5, 5.41) is 8.90. The van der Waals surface area contributed by atoms with Crippen LogP contribution in [0.3, 0.4) is 0 Å². The van der Waals surface area contributed by atoms with Crippen molar-refractivity contribution in [1.29, 1.82) is 0 Å². The van der Waals surface area contributed by atoms with Crippen molar-refractivity contribution in [2.24, 2.45) is 11.8 Å². The maximum absolute atomic E-state index is 11.9. The molecule has 0 bridgehead atoms. The highest BCUT2D eigenvalue weighted by atomic mass is 79.9. The normalized spacial score (nSPS) is 17.0. The molecule has 5 heteroatoms. The summed E-state index contributed by atoms with van der Waals surface area (Å²) in [5.41, 5.74) is 0.942. The van der Waals surface area contributed by atoms with Crippen LogP contribution in [0.1, 0.15) is 12.5 Å². The number of carboxylic acid groups (broad SMARTS) is 1. The lowest BCUT2D eigenvalue weighted by Gasteiger charge is -2.40. The Bertz CT molecular complexity index is 550. The molecule has 1 amide bonds. The van der Waals surface area contributed by atoms with Gasteiger partial charge in [-0.3, -0.25) is 9.59 Å². The minimum Gasteiger partial charge on any atom is -0.481 e. The largest absolute Gasteiger partial charge is 0.481 e. The number of aliphatic carboxylic acids is 1. The predicted octanol–water partition coefficient (Wildman–Crippen LogP) is 2.64. The molecular formula is C15H16BrNO3. The van der Waals surface area contributed by atoms with Crippen LogP contribution in [0.4, 0.5) is 0 Å². The highest BCUT2D eigenvalue weighted by Gasteiger charge is 2.36. The molecule has 106 valence electrons. The van der Waals surface area contributed by atoms with Crippen molar-refractivity contribution in [3.05, 3.63) is 40.4 Å². The molecule has 1 unspecified atom stereocenters. The number of benzene rings is 1. The molecule has 1 aliphatic rings. The van der Waals surface area contributed by atoms with Gasteiger partial charge in [-0.15, -0.1) is 0 Å². The first-order valence-electron chi connectivity index (χ1n) is 6.43. The predicted molar refractivity (Wildman–Crippen MR) is 80.0 cm³/mol. The second-order valence-electron chi connectivity index (χ2n) is 4.99. The quantitative estimate of drug-likeness (QED) is 0.859. The molecule has 1 aromatic rings.